The zero-order chi connectivity index (χ0) is 11.5. The molecule has 1 heterocycles. The maximum atomic E-state index is 8.97. The lowest BCUT2D eigenvalue weighted by molar-refractivity contribution is 0.490. The number of hydrogen-bond acceptors (Lipinski definition) is 3. The van der Waals surface area contributed by atoms with Crippen molar-refractivity contribution in [3.63, 3.8) is 0 Å². The predicted molar refractivity (Wildman–Crippen MR) is 62.1 cm³/mol. The smallest absolute Gasteiger partial charge is 0.0972 e. The Hall–Kier alpha value is -1.05. The van der Waals surface area contributed by atoms with Crippen molar-refractivity contribution in [2.75, 3.05) is 0 Å². The Morgan fingerprint density at radius 1 is 1.75 bits per heavy atom. The number of hydrogen-bond donors (Lipinski definition) is 1. The molecule has 1 aliphatic rings. The summed E-state index contributed by atoms with van der Waals surface area (Å²) in [4.78, 5) is 0. The fraction of sp³-hybridized carbons (Fsp3) is 0.636. The van der Waals surface area contributed by atoms with Gasteiger partial charge in [-0.25, -0.2) is 0 Å². The predicted octanol–water partition coefficient (Wildman–Crippen LogP) is 1.88. The molecule has 0 radical (unpaired) electrons. The van der Waals surface area contributed by atoms with Crippen molar-refractivity contribution >= 4 is 11.6 Å². The molecular formula is C11H15ClN4. The molecule has 4 nitrogen and oxygen atoms in total. The van der Waals surface area contributed by atoms with Crippen LogP contribution in [0.25, 0.3) is 0 Å². The van der Waals surface area contributed by atoms with Crippen molar-refractivity contribution in [1.29, 1.82) is 5.26 Å². The maximum absolute atomic E-state index is 8.97. The summed E-state index contributed by atoms with van der Waals surface area (Å²) in [5.41, 5.74) is 0.838. The van der Waals surface area contributed by atoms with Crippen LogP contribution in [0.2, 0.25) is 5.02 Å². The molecule has 0 spiro atoms. The Balaban J connectivity index is 1.82. The monoisotopic (exact) mass is 238 g/mol. The number of nitrogens with one attached hydrogen (secondary N) is 1. The van der Waals surface area contributed by atoms with Gasteiger partial charge in [-0.2, -0.15) is 10.4 Å². The Kier molecular flexibility index (Phi) is 3.47. The molecule has 0 bridgehead atoms. The zero-order valence-electron chi connectivity index (χ0n) is 9.28. The molecule has 1 N–H and O–H groups in total. The first-order chi connectivity index (χ1) is 7.69. The molecular weight excluding hydrogens is 224 g/mol. The standard InChI is InChI=1S/C11H15ClN4/c1-8-11(12)7-16(15-8)5-4-10(6-13)14-9-2-3-9/h7,9-10,14H,2-5H2,1H3. The van der Waals surface area contributed by atoms with E-state index >= 15 is 0 Å². The average Bonchev–Trinajstić information content (AvgIpc) is 3.01. The lowest BCUT2D eigenvalue weighted by Crippen LogP contribution is -2.30. The average molecular weight is 239 g/mol. The number of aryl methyl sites for hydroxylation is 2. The van der Waals surface area contributed by atoms with Gasteiger partial charge in [0.15, 0.2) is 0 Å². The topological polar surface area (TPSA) is 53.6 Å². The highest BCUT2D eigenvalue weighted by Crippen LogP contribution is 2.20. The Morgan fingerprint density at radius 3 is 3.00 bits per heavy atom. The van der Waals surface area contributed by atoms with E-state index in [1.54, 1.807) is 4.68 Å². The molecule has 2 rings (SSSR count). The quantitative estimate of drug-likeness (QED) is 0.852. The fourth-order valence-corrected chi connectivity index (χ4v) is 1.74. The van der Waals surface area contributed by atoms with Gasteiger partial charge in [0.1, 0.15) is 0 Å². The number of nitrogens with zero attached hydrogens (tertiary/aromatic N) is 3. The third kappa shape index (κ3) is 2.97. The van der Waals surface area contributed by atoms with Gasteiger partial charge in [-0.1, -0.05) is 11.6 Å². The molecule has 1 aliphatic carbocycles. The summed E-state index contributed by atoms with van der Waals surface area (Å²) in [7, 11) is 0. The fourth-order valence-electron chi connectivity index (χ4n) is 1.59. The molecule has 1 fully saturated rings. The molecule has 1 atom stereocenters. The SMILES string of the molecule is Cc1nn(CCC(C#N)NC2CC2)cc1Cl. The van der Waals surface area contributed by atoms with Gasteiger partial charge in [-0.3, -0.25) is 10.00 Å². The van der Waals surface area contributed by atoms with Crippen molar-refractivity contribution in [3.8, 4) is 6.07 Å². The lowest BCUT2D eigenvalue weighted by Gasteiger charge is -2.10. The van der Waals surface area contributed by atoms with Crippen LogP contribution in [0.4, 0.5) is 0 Å². The molecule has 0 amide bonds. The second-order valence-corrected chi connectivity index (χ2v) is 4.64. The van der Waals surface area contributed by atoms with Gasteiger partial charge in [0, 0.05) is 18.8 Å². The molecule has 0 aliphatic heterocycles. The maximum Gasteiger partial charge on any atom is 0.0972 e. The summed E-state index contributed by atoms with van der Waals surface area (Å²) in [5, 5.41) is 17.2. The van der Waals surface area contributed by atoms with E-state index in [4.69, 9.17) is 16.9 Å². The lowest BCUT2D eigenvalue weighted by atomic mass is 10.2. The first-order valence-electron chi connectivity index (χ1n) is 5.54. The van der Waals surface area contributed by atoms with Crippen LogP contribution in [-0.4, -0.2) is 21.9 Å². The van der Waals surface area contributed by atoms with Gasteiger partial charge < -0.3 is 0 Å². The van der Waals surface area contributed by atoms with Crippen molar-refractivity contribution in [3.05, 3.63) is 16.9 Å². The largest absolute Gasteiger partial charge is 0.299 e. The summed E-state index contributed by atoms with van der Waals surface area (Å²) in [5.74, 6) is 0. The third-order valence-corrected chi connectivity index (χ3v) is 3.07. The van der Waals surface area contributed by atoms with Crippen LogP contribution in [0.15, 0.2) is 6.20 Å². The molecule has 1 aromatic rings. The summed E-state index contributed by atoms with van der Waals surface area (Å²) in [6.45, 7) is 2.61. The van der Waals surface area contributed by atoms with Crippen LogP contribution in [0.5, 0.6) is 0 Å². The minimum Gasteiger partial charge on any atom is -0.299 e. The first-order valence-corrected chi connectivity index (χ1v) is 5.92. The normalized spacial score (nSPS) is 17.1. The van der Waals surface area contributed by atoms with Gasteiger partial charge in [0.2, 0.25) is 0 Å². The van der Waals surface area contributed by atoms with Crippen LogP contribution >= 0.6 is 11.6 Å². The van der Waals surface area contributed by atoms with Gasteiger partial charge in [0.25, 0.3) is 0 Å². The highest BCUT2D eigenvalue weighted by Gasteiger charge is 2.24. The molecule has 86 valence electrons. The van der Waals surface area contributed by atoms with E-state index in [1.165, 1.54) is 12.8 Å². The number of nitriles is 1. The minimum atomic E-state index is -0.0734. The summed E-state index contributed by atoms with van der Waals surface area (Å²) in [6, 6.07) is 2.77. The number of halogens is 1. The molecule has 0 aromatic carbocycles. The van der Waals surface area contributed by atoms with Crippen molar-refractivity contribution in [1.82, 2.24) is 15.1 Å². The molecule has 5 heteroatoms. The molecule has 1 aromatic heterocycles. The van der Waals surface area contributed by atoms with Crippen LogP contribution < -0.4 is 5.32 Å². The Morgan fingerprint density at radius 2 is 2.50 bits per heavy atom. The van der Waals surface area contributed by atoms with Gasteiger partial charge in [-0.05, 0) is 26.2 Å². The summed E-state index contributed by atoms with van der Waals surface area (Å²) < 4.78 is 1.80. The van der Waals surface area contributed by atoms with E-state index in [0.29, 0.717) is 11.1 Å². The van der Waals surface area contributed by atoms with E-state index in [0.717, 1.165) is 18.7 Å². The van der Waals surface area contributed by atoms with E-state index in [-0.39, 0.29) is 6.04 Å². The second-order valence-electron chi connectivity index (χ2n) is 4.24. The summed E-state index contributed by atoms with van der Waals surface area (Å²) >= 11 is 5.91. The molecule has 1 saturated carbocycles. The molecule has 1 unspecified atom stereocenters. The number of rotatable bonds is 5. The summed E-state index contributed by atoms with van der Waals surface area (Å²) in [6.07, 6.45) is 4.97. The van der Waals surface area contributed by atoms with Gasteiger partial charge in [0.05, 0.1) is 22.8 Å². The van der Waals surface area contributed by atoms with Crippen molar-refractivity contribution in [2.45, 2.75) is 44.8 Å². The van der Waals surface area contributed by atoms with Gasteiger partial charge in [-0.15, -0.1) is 0 Å². The zero-order valence-corrected chi connectivity index (χ0v) is 10.0. The van der Waals surface area contributed by atoms with Crippen LogP contribution in [-0.2, 0) is 6.54 Å². The molecule has 16 heavy (non-hydrogen) atoms. The molecule has 0 saturated heterocycles. The van der Waals surface area contributed by atoms with Crippen molar-refractivity contribution < 1.29 is 0 Å². The Bertz CT molecular complexity index is 383. The highest BCUT2D eigenvalue weighted by molar-refractivity contribution is 6.31. The Labute approximate surface area is 100 Å². The first kappa shape index (κ1) is 11.4. The number of aromatic nitrogens is 2. The van der Waals surface area contributed by atoms with Gasteiger partial charge >= 0.3 is 0 Å². The second kappa shape index (κ2) is 4.86. The van der Waals surface area contributed by atoms with E-state index < -0.39 is 0 Å². The van der Waals surface area contributed by atoms with E-state index in [9.17, 15) is 0 Å². The van der Waals surface area contributed by atoms with E-state index in [1.807, 2.05) is 13.1 Å². The minimum absolute atomic E-state index is 0.0734. The van der Waals surface area contributed by atoms with Crippen LogP contribution in [0, 0.1) is 18.3 Å². The highest BCUT2D eigenvalue weighted by atomic mass is 35.5. The van der Waals surface area contributed by atoms with Crippen molar-refractivity contribution in [2.24, 2.45) is 0 Å². The third-order valence-electron chi connectivity index (χ3n) is 2.70. The van der Waals surface area contributed by atoms with E-state index in [2.05, 4.69) is 16.5 Å². The van der Waals surface area contributed by atoms with Crippen LogP contribution in [0.3, 0.4) is 0 Å². The van der Waals surface area contributed by atoms with Crippen LogP contribution in [0.1, 0.15) is 25.0 Å².